The van der Waals surface area contributed by atoms with Gasteiger partial charge in [0, 0.05) is 36.0 Å². The summed E-state index contributed by atoms with van der Waals surface area (Å²) in [4.78, 5) is 16.8. The van der Waals surface area contributed by atoms with Gasteiger partial charge < -0.3 is 25.8 Å². The van der Waals surface area contributed by atoms with Crippen molar-refractivity contribution < 1.29 is 19.0 Å². The summed E-state index contributed by atoms with van der Waals surface area (Å²) in [7, 11) is 0. The van der Waals surface area contributed by atoms with Crippen LogP contribution in [0.5, 0.6) is 11.5 Å². The van der Waals surface area contributed by atoms with Gasteiger partial charge in [0.15, 0.2) is 0 Å². The predicted molar refractivity (Wildman–Crippen MR) is 168 cm³/mol. The van der Waals surface area contributed by atoms with Crippen molar-refractivity contribution in [2.45, 2.75) is 39.2 Å². The molecule has 0 aliphatic carbocycles. The molecular weight excluding hydrogens is 569 g/mol. The van der Waals surface area contributed by atoms with Gasteiger partial charge in [0.2, 0.25) is 5.91 Å². The molecule has 43 heavy (non-hydrogen) atoms. The Labute approximate surface area is 255 Å². The second-order valence-corrected chi connectivity index (χ2v) is 10.3. The lowest BCUT2D eigenvalue weighted by Gasteiger charge is -2.15. The van der Waals surface area contributed by atoms with Crippen molar-refractivity contribution in [1.82, 2.24) is 10.3 Å². The third-order valence-electron chi connectivity index (χ3n) is 6.59. The quantitative estimate of drug-likeness (QED) is 0.0667. The third kappa shape index (κ3) is 8.92. The first kappa shape index (κ1) is 31.3. The number of phenols is 1. The summed E-state index contributed by atoms with van der Waals surface area (Å²) < 4.78 is 19.2. The number of phenolic OH excluding ortho intramolecular Hbond substituents is 1. The summed E-state index contributed by atoms with van der Waals surface area (Å²) in [6.45, 7) is 3.75. The van der Waals surface area contributed by atoms with Crippen molar-refractivity contribution in [2.24, 2.45) is 0 Å². The van der Waals surface area contributed by atoms with Crippen LogP contribution in [0.25, 0.3) is 10.9 Å². The molecular formula is C33H33ClFN5O3. The van der Waals surface area contributed by atoms with E-state index in [9.17, 15) is 19.6 Å². The van der Waals surface area contributed by atoms with Gasteiger partial charge in [0.05, 0.1) is 27.5 Å². The Morgan fingerprint density at radius 3 is 2.79 bits per heavy atom. The van der Waals surface area contributed by atoms with Crippen LogP contribution in [0.4, 0.5) is 21.5 Å². The molecule has 0 unspecified atom stereocenters. The summed E-state index contributed by atoms with van der Waals surface area (Å²) >= 11 is 6.47. The molecule has 0 fully saturated rings. The van der Waals surface area contributed by atoms with Crippen LogP contribution in [0.15, 0.2) is 72.9 Å². The molecule has 8 nitrogen and oxygen atoms in total. The molecule has 1 amide bonds. The van der Waals surface area contributed by atoms with E-state index < -0.39 is 5.91 Å². The van der Waals surface area contributed by atoms with Gasteiger partial charge in [0.1, 0.15) is 30.0 Å². The molecule has 0 spiro atoms. The highest BCUT2D eigenvalue weighted by Crippen LogP contribution is 2.37. The van der Waals surface area contributed by atoms with Gasteiger partial charge in [-0.3, -0.25) is 9.78 Å². The number of aromatic nitrogens is 1. The molecule has 222 valence electrons. The van der Waals surface area contributed by atoms with Crippen LogP contribution in [-0.2, 0) is 11.4 Å². The fourth-order valence-corrected chi connectivity index (χ4v) is 4.61. The molecule has 0 saturated heterocycles. The number of unbranched alkanes of at least 4 members (excludes halogenated alkanes) is 3. The van der Waals surface area contributed by atoms with Crippen LogP contribution >= 0.6 is 11.6 Å². The number of halogens is 2. The first-order chi connectivity index (χ1) is 20.9. The van der Waals surface area contributed by atoms with Crippen molar-refractivity contribution in [2.75, 3.05) is 23.7 Å². The van der Waals surface area contributed by atoms with E-state index in [-0.39, 0.29) is 29.4 Å². The number of nitrogens with one attached hydrogen (secondary N) is 3. The van der Waals surface area contributed by atoms with Crippen LogP contribution < -0.4 is 20.7 Å². The van der Waals surface area contributed by atoms with E-state index >= 15 is 0 Å². The molecule has 10 heteroatoms. The normalized spacial score (nSPS) is 11.0. The zero-order valence-electron chi connectivity index (χ0n) is 23.8. The Morgan fingerprint density at radius 2 is 2.02 bits per heavy atom. The van der Waals surface area contributed by atoms with E-state index in [0.717, 1.165) is 13.0 Å². The van der Waals surface area contributed by atoms with Gasteiger partial charge >= 0.3 is 0 Å². The van der Waals surface area contributed by atoms with Crippen LogP contribution in [-0.4, -0.2) is 29.1 Å². The number of hydrogen-bond donors (Lipinski definition) is 4. The van der Waals surface area contributed by atoms with Crippen molar-refractivity contribution in [3.05, 3.63) is 94.9 Å². The molecule has 4 N–H and O–H groups in total. The third-order valence-corrected chi connectivity index (χ3v) is 6.88. The van der Waals surface area contributed by atoms with E-state index in [0.29, 0.717) is 45.2 Å². The number of ether oxygens (including phenoxy) is 1. The van der Waals surface area contributed by atoms with E-state index in [1.807, 2.05) is 0 Å². The number of benzene rings is 3. The summed E-state index contributed by atoms with van der Waals surface area (Å²) in [5.41, 5.74) is 2.50. The van der Waals surface area contributed by atoms with Crippen LogP contribution in [0.1, 0.15) is 43.7 Å². The fourth-order valence-electron chi connectivity index (χ4n) is 4.38. The zero-order chi connectivity index (χ0) is 30.6. The Hall–Kier alpha value is -4.65. The average molecular weight is 602 g/mol. The minimum absolute atomic E-state index is 0.139. The second kappa shape index (κ2) is 15.5. The Balaban J connectivity index is 1.48. The molecule has 0 aliphatic heterocycles. The number of amides is 1. The number of pyridine rings is 1. The number of rotatable bonds is 14. The maximum Gasteiger partial charge on any atom is 0.248 e. The molecule has 0 radical (unpaired) electrons. The molecule has 4 rings (SSSR count). The maximum atomic E-state index is 13.5. The van der Waals surface area contributed by atoms with Gasteiger partial charge in [0.25, 0.3) is 0 Å². The first-order valence-corrected chi connectivity index (χ1v) is 14.4. The number of carbonyl (C=O) groups excluding carboxylic acids is 1. The van der Waals surface area contributed by atoms with Crippen molar-refractivity contribution >= 4 is 45.5 Å². The lowest BCUT2D eigenvalue weighted by Crippen LogP contribution is -2.16. The van der Waals surface area contributed by atoms with E-state index in [4.69, 9.17) is 16.3 Å². The standard InChI is InChI=1S/C33H33ClFN5O3/c1-2-3-4-5-13-37-14-7-10-32(42)40-29-17-26-28(18-30(29)41)38-20-23(19-36)33(26)39-25-11-12-31(27(34)16-25)43-21-22-8-6-9-24(35)15-22/h6-12,15-18,20,37,41H,2-5,13-14,21H2,1H3,(H,38,39)(H,40,42)/b10-7+. The number of nitrogens with zero attached hydrogens (tertiary/aromatic N) is 2. The van der Waals surface area contributed by atoms with Crippen LogP contribution in [0, 0.1) is 17.1 Å². The molecule has 1 aromatic heterocycles. The van der Waals surface area contributed by atoms with Crippen molar-refractivity contribution in [1.29, 1.82) is 5.26 Å². The highest BCUT2D eigenvalue weighted by molar-refractivity contribution is 6.32. The molecule has 4 aromatic rings. The molecule has 0 atom stereocenters. The van der Waals surface area contributed by atoms with Gasteiger partial charge in [-0.1, -0.05) is 56.0 Å². The highest BCUT2D eigenvalue weighted by Gasteiger charge is 2.15. The van der Waals surface area contributed by atoms with E-state index in [2.05, 4.69) is 33.9 Å². The van der Waals surface area contributed by atoms with E-state index in [1.165, 1.54) is 49.7 Å². The topological polar surface area (TPSA) is 119 Å². The first-order valence-electron chi connectivity index (χ1n) is 14.1. The second-order valence-electron chi connectivity index (χ2n) is 9.89. The lowest BCUT2D eigenvalue weighted by atomic mass is 10.1. The lowest BCUT2D eigenvalue weighted by molar-refractivity contribution is -0.111. The van der Waals surface area contributed by atoms with Gasteiger partial charge in [-0.05, 0) is 54.9 Å². The minimum atomic E-state index is -0.401. The monoisotopic (exact) mass is 601 g/mol. The molecule has 3 aromatic carbocycles. The summed E-state index contributed by atoms with van der Waals surface area (Å²) in [5.74, 6) is -0.500. The van der Waals surface area contributed by atoms with Crippen LogP contribution in [0.2, 0.25) is 5.02 Å². The smallest absolute Gasteiger partial charge is 0.248 e. The van der Waals surface area contributed by atoms with Gasteiger partial charge in [-0.15, -0.1) is 0 Å². The number of hydrogen-bond acceptors (Lipinski definition) is 7. The summed E-state index contributed by atoms with van der Waals surface area (Å²) in [6.07, 6.45) is 9.21. The fraction of sp³-hybridized carbons (Fsp3) is 0.242. The van der Waals surface area contributed by atoms with Gasteiger partial charge in [-0.25, -0.2) is 4.39 Å². The highest BCUT2D eigenvalue weighted by atomic mass is 35.5. The number of carbonyl (C=O) groups is 1. The number of aromatic hydroxyl groups is 1. The predicted octanol–water partition coefficient (Wildman–Crippen LogP) is 7.59. The summed E-state index contributed by atoms with van der Waals surface area (Å²) in [5, 5.41) is 30.3. The Morgan fingerprint density at radius 1 is 1.16 bits per heavy atom. The van der Waals surface area contributed by atoms with E-state index in [1.54, 1.807) is 42.5 Å². The molecule has 1 heterocycles. The largest absolute Gasteiger partial charge is 0.506 e. The molecule has 0 saturated carbocycles. The molecule has 0 aliphatic rings. The van der Waals surface area contributed by atoms with Crippen molar-refractivity contribution in [3.8, 4) is 17.6 Å². The minimum Gasteiger partial charge on any atom is -0.506 e. The zero-order valence-corrected chi connectivity index (χ0v) is 24.5. The number of nitriles is 1. The number of anilines is 3. The average Bonchev–Trinajstić information content (AvgIpc) is 2.99. The molecule has 0 bridgehead atoms. The number of fused-ring (bicyclic) bond motifs is 1. The summed E-state index contributed by atoms with van der Waals surface area (Å²) in [6, 6.07) is 16.3. The van der Waals surface area contributed by atoms with Crippen LogP contribution in [0.3, 0.4) is 0 Å². The Kier molecular flexibility index (Phi) is 11.3. The van der Waals surface area contributed by atoms with Gasteiger partial charge in [-0.2, -0.15) is 5.26 Å². The SMILES string of the molecule is CCCCCCNC/C=C/C(=O)Nc1cc2c(Nc3ccc(OCc4cccc(F)c4)c(Cl)c3)c(C#N)cnc2cc1O. The maximum absolute atomic E-state index is 13.5. The van der Waals surface area contributed by atoms with Crippen molar-refractivity contribution in [3.63, 3.8) is 0 Å². The Bertz CT molecular complexity index is 1650.